The van der Waals surface area contributed by atoms with Crippen molar-refractivity contribution >= 4 is 27.6 Å². The number of aliphatic hydroxyl groups excluding tert-OH is 1. The lowest BCUT2D eigenvalue weighted by Gasteiger charge is -2.23. The first-order valence-electron chi connectivity index (χ1n) is 5.27. The molecule has 6 nitrogen and oxygen atoms in total. The molecule has 0 saturated heterocycles. The van der Waals surface area contributed by atoms with Crippen LogP contribution < -0.4 is 4.72 Å². The van der Waals surface area contributed by atoms with Crippen molar-refractivity contribution in [3.05, 3.63) is 28.8 Å². The van der Waals surface area contributed by atoms with Crippen LogP contribution in [0.5, 0.6) is 0 Å². The summed E-state index contributed by atoms with van der Waals surface area (Å²) in [6.45, 7) is 2.56. The number of nitrogens with one attached hydrogen (secondary N) is 1. The van der Waals surface area contributed by atoms with E-state index in [2.05, 4.69) is 4.72 Å². The zero-order chi connectivity index (χ0) is 14.8. The van der Waals surface area contributed by atoms with Gasteiger partial charge in [0.2, 0.25) is 10.0 Å². The van der Waals surface area contributed by atoms with Gasteiger partial charge < -0.3 is 10.2 Å². The number of aliphatic hydroxyl groups is 1. The quantitative estimate of drug-likeness (QED) is 0.755. The van der Waals surface area contributed by atoms with Crippen LogP contribution in [0.15, 0.2) is 23.1 Å². The van der Waals surface area contributed by atoms with Gasteiger partial charge in [-0.2, -0.15) is 0 Å². The highest BCUT2D eigenvalue weighted by Crippen LogP contribution is 2.24. The van der Waals surface area contributed by atoms with Crippen LogP contribution in [-0.4, -0.2) is 36.7 Å². The number of halogens is 1. The van der Waals surface area contributed by atoms with Gasteiger partial charge in [0.1, 0.15) is 4.90 Å². The minimum absolute atomic E-state index is 0.0914. The van der Waals surface area contributed by atoms with Crippen LogP contribution in [0.4, 0.5) is 0 Å². The van der Waals surface area contributed by atoms with E-state index in [1.165, 1.54) is 26.0 Å². The van der Waals surface area contributed by atoms with E-state index in [0.29, 0.717) is 0 Å². The molecule has 106 valence electrons. The third-order valence-corrected chi connectivity index (χ3v) is 4.45. The molecule has 1 rings (SSSR count). The van der Waals surface area contributed by atoms with Gasteiger partial charge in [0, 0.05) is 0 Å². The first kappa shape index (κ1) is 15.9. The Balaban J connectivity index is 3.28. The predicted octanol–water partition coefficient (Wildman–Crippen LogP) is 1.09. The van der Waals surface area contributed by atoms with Gasteiger partial charge in [0.05, 0.1) is 22.7 Å². The normalized spacial score (nSPS) is 12.4. The average molecular weight is 308 g/mol. The standard InChI is InChI=1S/C11H14ClNO5S/c1-11(2,6-14)13-19(17,18)9-5-7(10(15)16)3-4-8(9)12/h3-5,13-14H,6H2,1-2H3,(H,15,16). The van der Waals surface area contributed by atoms with E-state index in [0.717, 1.165) is 6.07 Å². The van der Waals surface area contributed by atoms with Crippen LogP contribution in [-0.2, 0) is 10.0 Å². The molecule has 0 amide bonds. The Hall–Kier alpha value is -1.15. The van der Waals surface area contributed by atoms with E-state index in [4.69, 9.17) is 21.8 Å². The summed E-state index contributed by atoms with van der Waals surface area (Å²) in [5.74, 6) is -1.26. The van der Waals surface area contributed by atoms with E-state index in [9.17, 15) is 13.2 Å². The molecule has 0 aliphatic carbocycles. The van der Waals surface area contributed by atoms with Crippen LogP contribution in [0, 0.1) is 0 Å². The van der Waals surface area contributed by atoms with Gasteiger partial charge in [-0.15, -0.1) is 0 Å². The molecule has 0 unspecified atom stereocenters. The molecule has 0 aliphatic heterocycles. The molecule has 19 heavy (non-hydrogen) atoms. The molecule has 0 heterocycles. The van der Waals surface area contributed by atoms with E-state index in [1.54, 1.807) is 0 Å². The number of rotatable bonds is 5. The number of aromatic carboxylic acids is 1. The van der Waals surface area contributed by atoms with Crippen LogP contribution in [0.2, 0.25) is 5.02 Å². The number of sulfonamides is 1. The van der Waals surface area contributed by atoms with Gasteiger partial charge in [-0.05, 0) is 32.0 Å². The van der Waals surface area contributed by atoms with Crippen LogP contribution in [0.1, 0.15) is 24.2 Å². The molecule has 0 aromatic heterocycles. The van der Waals surface area contributed by atoms with E-state index >= 15 is 0 Å². The van der Waals surface area contributed by atoms with Gasteiger partial charge in [-0.3, -0.25) is 0 Å². The van der Waals surface area contributed by atoms with Gasteiger partial charge in [-0.1, -0.05) is 11.6 Å². The molecule has 8 heteroatoms. The Morgan fingerprint density at radius 1 is 1.42 bits per heavy atom. The fourth-order valence-corrected chi connectivity index (χ4v) is 3.22. The van der Waals surface area contributed by atoms with Crippen LogP contribution in [0.3, 0.4) is 0 Å². The summed E-state index contributed by atoms with van der Waals surface area (Å²) in [4.78, 5) is 10.5. The maximum atomic E-state index is 12.1. The summed E-state index contributed by atoms with van der Waals surface area (Å²) in [5, 5.41) is 17.8. The van der Waals surface area contributed by atoms with Crippen molar-refractivity contribution in [1.82, 2.24) is 4.72 Å². The fourth-order valence-electron chi connectivity index (χ4n) is 1.29. The summed E-state index contributed by atoms with van der Waals surface area (Å²) >= 11 is 5.78. The number of hydrogen-bond acceptors (Lipinski definition) is 4. The number of hydrogen-bond donors (Lipinski definition) is 3. The van der Waals surface area contributed by atoms with E-state index < -0.39 is 28.1 Å². The Bertz CT molecular complexity index is 597. The summed E-state index contributed by atoms with van der Waals surface area (Å²) in [6, 6.07) is 3.38. The molecule has 0 saturated carbocycles. The van der Waals surface area contributed by atoms with Gasteiger partial charge in [0.25, 0.3) is 0 Å². The zero-order valence-corrected chi connectivity index (χ0v) is 11.9. The van der Waals surface area contributed by atoms with Crippen LogP contribution >= 0.6 is 11.6 Å². The molecule has 0 atom stereocenters. The van der Waals surface area contributed by atoms with Gasteiger partial charge in [-0.25, -0.2) is 17.9 Å². The zero-order valence-electron chi connectivity index (χ0n) is 10.3. The lowest BCUT2D eigenvalue weighted by atomic mass is 10.1. The lowest BCUT2D eigenvalue weighted by molar-refractivity contribution is 0.0696. The maximum Gasteiger partial charge on any atom is 0.335 e. The second kappa shape index (κ2) is 5.46. The molecule has 3 N–H and O–H groups in total. The second-order valence-corrected chi connectivity index (χ2v) is 6.66. The van der Waals surface area contributed by atoms with Crippen molar-refractivity contribution in [2.75, 3.05) is 6.61 Å². The van der Waals surface area contributed by atoms with Crippen molar-refractivity contribution in [2.45, 2.75) is 24.3 Å². The van der Waals surface area contributed by atoms with Crippen LogP contribution in [0.25, 0.3) is 0 Å². The first-order chi connectivity index (χ1) is 8.59. The van der Waals surface area contributed by atoms with Gasteiger partial charge in [0.15, 0.2) is 0 Å². The van der Waals surface area contributed by atoms with Crippen molar-refractivity contribution < 1.29 is 23.4 Å². The topological polar surface area (TPSA) is 104 Å². The van der Waals surface area contributed by atoms with Crippen molar-refractivity contribution in [1.29, 1.82) is 0 Å². The third kappa shape index (κ3) is 3.90. The van der Waals surface area contributed by atoms with Crippen molar-refractivity contribution in [3.8, 4) is 0 Å². The molecular formula is C11H14ClNO5S. The Morgan fingerprint density at radius 3 is 2.47 bits per heavy atom. The molecule has 0 fully saturated rings. The van der Waals surface area contributed by atoms with Gasteiger partial charge >= 0.3 is 5.97 Å². The maximum absolute atomic E-state index is 12.1. The van der Waals surface area contributed by atoms with Crippen molar-refractivity contribution in [3.63, 3.8) is 0 Å². The highest BCUT2D eigenvalue weighted by molar-refractivity contribution is 7.89. The Kier molecular flexibility index (Phi) is 4.57. The number of carboxylic acids is 1. The Morgan fingerprint density at radius 2 is 2.00 bits per heavy atom. The molecule has 1 aromatic rings. The number of carboxylic acid groups (broad SMARTS) is 1. The number of carbonyl (C=O) groups is 1. The van der Waals surface area contributed by atoms with Crippen molar-refractivity contribution in [2.24, 2.45) is 0 Å². The smallest absolute Gasteiger partial charge is 0.335 e. The molecule has 0 bridgehead atoms. The Labute approximate surface area is 116 Å². The highest BCUT2D eigenvalue weighted by Gasteiger charge is 2.27. The minimum atomic E-state index is -4.02. The minimum Gasteiger partial charge on any atom is -0.478 e. The molecule has 0 aliphatic rings. The third-order valence-electron chi connectivity index (χ3n) is 2.27. The summed E-state index contributed by atoms with van der Waals surface area (Å²) in [5.41, 5.74) is -1.27. The fraction of sp³-hybridized carbons (Fsp3) is 0.364. The molecule has 1 aromatic carbocycles. The lowest BCUT2D eigenvalue weighted by Crippen LogP contribution is -2.46. The highest BCUT2D eigenvalue weighted by atomic mass is 35.5. The summed E-state index contributed by atoms with van der Waals surface area (Å²) in [7, 11) is -4.02. The summed E-state index contributed by atoms with van der Waals surface area (Å²) < 4.78 is 26.5. The SMILES string of the molecule is CC(C)(CO)NS(=O)(=O)c1cc(C(=O)O)ccc1Cl. The molecular weight excluding hydrogens is 294 g/mol. The molecule has 0 spiro atoms. The average Bonchev–Trinajstić information content (AvgIpc) is 2.27. The monoisotopic (exact) mass is 307 g/mol. The number of benzene rings is 1. The van der Waals surface area contributed by atoms with E-state index in [-0.39, 0.29) is 15.5 Å². The largest absolute Gasteiger partial charge is 0.478 e. The summed E-state index contributed by atoms with van der Waals surface area (Å²) in [6.07, 6.45) is 0. The predicted molar refractivity (Wildman–Crippen MR) is 69.9 cm³/mol. The second-order valence-electron chi connectivity index (χ2n) is 4.60. The first-order valence-corrected chi connectivity index (χ1v) is 7.13. The van der Waals surface area contributed by atoms with E-state index in [1.807, 2.05) is 0 Å². The molecule has 0 radical (unpaired) electrons.